The predicted octanol–water partition coefficient (Wildman–Crippen LogP) is 7.71. The maximum atomic E-state index is 14.7. The lowest BCUT2D eigenvalue weighted by molar-refractivity contribution is -0.173. The molecule has 8 aliphatic carbocycles. The summed E-state index contributed by atoms with van der Waals surface area (Å²) in [5, 5.41) is 53.3. The van der Waals surface area contributed by atoms with Crippen LogP contribution in [0.1, 0.15) is 117 Å². The number of fused-ring (bicyclic) bond motifs is 13. The molecule has 5 N–H and O–H groups in total. The molecule has 10 rings (SSSR count). The van der Waals surface area contributed by atoms with Gasteiger partial charge < -0.3 is 30.3 Å². The number of aliphatic hydroxyl groups excluding tert-OH is 3. The topological polar surface area (TPSA) is 128 Å². The van der Waals surface area contributed by atoms with Crippen LogP contribution in [0.25, 0.3) is 0 Å². The Morgan fingerprint density at radius 3 is 2.52 bits per heavy atom. The number of imidazole rings is 1. The van der Waals surface area contributed by atoms with Gasteiger partial charge in [0.1, 0.15) is 0 Å². The molecule has 6 fully saturated rings. The molecule has 1 aromatic heterocycles. The van der Waals surface area contributed by atoms with E-state index in [-0.39, 0.29) is 46.8 Å². The van der Waals surface area contributed by atoms with Crippen molar-refractivity contribution in [1.82, 2.24) is 14.9 Å². The Labute approximate surface area is 354 Å². The molecule has 318 valence electrons. The third-order valence-electron chi connectivity index (χ3n) is 18.8. The molecular weight excluding hydrogens is 763 g/mol. The van der Waals surface area contributed by atoms with Crippen molar-refractivity contribution < 1.29 is 25.2 Å². The molecule has 5 saturated carbocycles. The van der Waals surface area contributed by atoms with E-state index in [1.807, 2.05) is 47.2 Å². The summed E-state index contributed by atoms with van der Waals surface area (Å²) in [6.45, 7) is 9.95. The fourth-order valence-electron chi connectivity index (χ4n) is 16.6. The van der Waals surface area contributed by atoms with Crippen molar-refractivity contribution in [2.75, 3.05) is 25.1 Å². The van der Waals surface area contributed by atoms with E-state index in [9.17, 15) is 25.2 Å². The molecule has 0 radical (unpaired) electrons. The van der Waals surface area contributed by atoms with E-state index in [4.69, 9.17) is 0 Å². The molecule has 4 bridgehead atoms. The van der Waals surface area contributed by atoms with Gasteiger partial charge in [0.15, 0.2) is 5.78 Å². The number of allylic oxidation sites excluding steroid dienone is 3. The third-order valence-corrected chi connectivity index (χ3v) is 21.3. The van der Waals surface area contributed by atoms with Crippen LogP contribution in [0.4, 0.5) is 0 Å². The second-order valence-electron chi connectivity index (χ2n) is 21.8. The highest BCUT2D eigenvalue weighted by Gasteiger charge is 2.72. The van der Waals surface area contributed by atoms with Crippen molar-refractivity contribution in [3.8, 4) is 0 Å². The van der Waals surface area contributed by atoms with Crippen molar-refractivity contribution in [3.63, 3.8) is 0 Å². The second kappa shape index (κ2) is 14.6. The summed E-state index contributed by atoms with van der Waals surface area (Å²) in [6, 6.07) is 0.236. The van der Waals surface area contributed by atoms with Gasteiger partial charge in [0.05, 0.1) is 30.2 Å². The first-order valence-electron chi connectivity index (χ1n) is 23.1. The lowest BCUT2D eigenvalue weighted by atomic mass is 9.43. The summed E-state index contributed by atoms with van der Waals surface area (Å²) in [5.41, 5.74) is 5.02. The van der Waals surface area contributed by atoms with Crippen LogP contribution in [0.5, 0.6) is 0 Å². The van der Waals surface area contributed by atoms with Gasteiger partial charge in [0, 0.05) is 71.5 Å². The Kier molecular flexibility index (Phi) is 10.2. The molecule has 1 saturated heterocycles. The lowest BCUT2D eigenvalue weighted by Crippen LogP contribution is -2.65. The molecular formula is C48H69N3O5S2. The maximum absolute atomic E-state index is 14.7. The van der Waals surface area contributed by atoms with Crippen LogP contribution in [0.2, 0.25) is 0 Å². The molecule has 10 heteroatoms. The van der Waals surface area contributed by atoms with Gasteiger partial charge in [-0.25, -0.2) is 4.98 Å². The Morgan fingerprint density at radius 1 is 0.948 bits per heavy atom. The van der Waals surface area contributed by atoms with E-state index in [1.165, 1.54) is 38.5 Å². The monoisotopic (exact) mass is 831 g/mol. The van der Waals surface area contributed by atoms with Gasteiger partial charge in [-0.1, -0.05) is 78.0 Å². The highest BCUT2D eigenvalue weighted by atomic mass is 33.1. The number of hydrogen-bond donors (Lipinski definition) is 5. The highest BCUT2D eigenvalue weighted by molar-refractivity contribution is 8.76. The number of nitrogens with one attached hydrogen (secondary N) is 1. The zero-order valence-corrected chi connectivity index (χ0v) is 37.2. The van der Waals surface area contributed by atoms with Crippen molar-refractivity contribution >= 4 is 27.4 Å². The Balaban J connectivity index is 1.12. The van der Waals surface area contributed by atoms with Gasteiger partial charge in [0.2, 0.25) is 0 Å². The minimum atomic E-state index is -1.21. The Morgan fingerprint density at radius 2 is 1.74 bits per heavy atom. The number of rotatable bonds is 3. The smallest absolute Gasteiger partial charge is 0.159 e. The quantitative estimate of drug-likeness (QED) is 0.154. The molecule has 0 unspecified atom stereocenters. The molecule has 1 aromatic rings. The van der Waals surface area contributed by atoms with Crippen molar-refractivity contribution in [2.24, 2.45) is 69.5 Å². The van der Waals surface area contributed by atoms with Gasteiger partial charge in [-0.2, -0.15) is 0 Å². The van der Waals surface area contributed by atoms with E-state index in [0.29, 0.717) is 24.8 Å². The molecule has 1 aliphatic heterocycles. The normalized spacial score (nSPS) is 48.6. The van der Waals surface area contributed by atoms with Crippen LogP contribution in [-0.2, 0) is 4.79 Å². The Hall–Kier alpha value is -1.40. The molecule has 0 aromatic carbocycles. The first kappa shape index (κ1) is 40.7. The molecule has 8 nitrogen and oxygen atoms in total. The summed E-state index contributed by atoms with van der Waals surface area (Å²) in [6.07, 6.45) is 18.8. The predicted molar refractivity (Wildman–Crippen MR) is 232 cm³/mol. The average molecular weight is 832 g/mol. The van der Waals surface area contributed by atoms with Crippen LogP contribution in [-0.4, -0.2) is 84.8 Å². The van der Waals surface area contributed by atoms with Gasteiger partial charge in [-0.3, -0.25) is 4.79 Å². The number of aliphatic hydroxyl groups is 4. The number of nitrogens with zero attached hydrogens (tertiary/aromatic N) is 2. The first-order chi connectivity index (χ1) is 27.7. The van der Waals surface area contributed by atoms with E-state index in [2.05, 4.69) is 48.8 Å². The molecule has 58 heavy (non-hydrogen) atoms. The fourth-order valence-corrected chi connectivity index (χ4v) is 19.3. The van der Waals surface area contributed by atoms with Gasteiger partial charge in [0.25, 0.3) is 0 Å². The fraction of sp³-hybridized carbons (Fsp3) is 0.792. The number of hydrogen-bond acceptors (Lipinski definition) is 9. The van der Waals surface area contributed by atoms with E-state index >= 15 is 0 Å². The summed E-state index contributed by atoms with van der Waals surface area (Å²) in [4.78, 5) is 19.2. The summed E-state index contributed by atoms with van der Waals surface area (Å²) < 4.78 is 2.32. The maximum Gasteiger partial charge on any atom is 0.159 e. The van der Waals surface area contributed by atoms with E-state index < -0.39 is 46.6 Å². The van der Waals surface area contributed by atoms with Crippen molar-refractivity contribution in [3.05, 3.63) is 52.7 Å². The minimum absolute atomic E-state index is 0.000809. The SMILES string of the molecule is CNC[C@@H]1[C@@H](O)[C@@H](O)C[C@@]2(C)[C@@H]1C(=O)C=C1[C@@H]2CC[C@]2(C)[C@@H]3C[C@H](CSSC[C@@H](n4ccnc4)CC(C)(C)C4=C5CCCC[C@@H]5C5=C6[C@@H](CCC5)C[C@@H]3[C@H](O)[C@H]64)[C@@]12O. The van der Waals surface area contributed by atoms with Crippen LogP contribution < -0.4 is 5.32 Å². The summed E-state index contributed by atoms with van der Waals surface area (Å²) in [5.74, 6) is 1.98. The molecule has 2 heterocycles. The summed E-state index contributed by atoms with van der Waals surface area (Å²) in [7, 11) is 5.66. The van der Waals surface area contributed by atoms with Crippen LogP contribution in [0, 0.1) is 69.5 Å². The van der Waals surface area contributed by atoms with Gasteiger partial charge in [-0.15, -0.1) is 0 Å². The first-order valence-corrected chi connectivity index (χ1v) is 25.6. The molecule has 0 spiro atoms. The molecule has 9 aliphatic rings. The number of carbonyl (C=O) groups excluding carboxylic acids is 1. The number of carbonyl (C=O) groups is 1. The van der Waals surface area contributed by atoms with Crippen LogP contribution in [0.15, 0.2) is 52.7 Å². The standard InChI is InChI=1S/C48H69N3O5S2/c1-45(2)20-28(51-16-15-50-25-51)24-58-57-23-27-18-35(32-17-26-9-8-12-30-29-10-6-7-11-31(29)42(45)40(39(26)30)44(32)55)47(4)14-13-34-36(48(27,47)56)19-37(52)41-33(22-49-5)43(54)38(53)21-46(34,41)3/h15-16,19,25-29,32-35,38,40-41,43-44,49,53-56H,6-14,17-18,20-24H2,1-5H3/t26-,27+,28-,29+,32-,33-,34-,35+,38-,40+,41-,43+,44-,46+,47+,48+/m0/s1. The van der Waals surface area contributed by atoms with Gasteiger partial charge in [-0.05, 0) is 130 Å². The number of ketones is 1. The molecule has 0 amide bonds. The summed E-state index contributed by atoms with van der Waals surface area (Å²) >= 11 is 0. The largest absolute Gasteiger partial charge is 0.392 e. The average Bonchev–Trinajstić information content (AvgIpc) is 3.81. The van der Waals surface area contributed by atoms with Crippen LogP contribution in [0.3, 0.4) is 0 Å². The number of aromatic nitrogens is 2. The minimum Gasteiger partial charge on any atom is -0.392 e. The zero-order valence-electron chi connectivity index (χ0n) is 35.5. The molecule has 16 atom stereocenters. The third kappa shape index (κ3) is 5.72. The highest BCUT2D eigenvalue weighted by Crippen LogP contribution is 2.72. The van der Waals surface area contributed by atoms with Gasteiger partial charge >= 0.3 is 0 Å². The zero-order chi connectivity index (χ0) is 40.5. The van der Waals surface area contributed by atoms with Crippen molar-refractivity contribution in [2.45, 2.75) is 141 Å². The van der Waals surface area contributed by atoms with E-state index in [0.717, 1.165) is 55.6 Å². The van der Waals surface area contributed by atoms with Crippen LogP contribution >= 0.6 is 21.6 Å². The van der Waals surface area contributed by atoms with Crippen molar-refractivity contribution in [1.29, 1.82) is 0 Å². The Bertz CT molecular complexity index is 1890. The second-order valence-corrected chi connectivity index (χ2v) is 24.3. The van der Waals surface area contributed by atoms with E-state index in [1.54, 1.807) is 22.3 Å². The lowest BCUT2D eigenvalue weighted by Gasteiger charge is -2.63.